The fraction of sp³-hybridized carbons (Fsp3) is 0.714. The largest absolute Gasteiger partial charge is 0.468 e. The van der Waals surface area contributed by atoms with E-state index < -0.39 is 17.4 Å². The van der Waals surface area contributed by atoms with Gasteiger partial charge < -0.3 is 9.47 Å². The van der Waals surface area contributed by atoms with Crippen LogP contribution in [-0.4, -0.2) is 30.5 Å². The third-order valence-corrected chi connectivity index (χ3v) is 3.20. The first-order valence-electron chi connectivity index (χ1n) is 3.43. The zero-order valence-corrected chi connectivity index (χ0v) is 8.38. The second-order valence-electron chi connectivity index (χ2n) is 2.76. The summed E-state index contributed by atoms with van der Waals surface area (Å²) in [4.78, 5) is 22.1. The summed E-state index contributed by atoms with van der Waals surface area (Å²) in [6.07, 6.45) is 0. The second kappa shape index (κ2) is 3.05. The molecule has 1 fully saturated rings. The molecule has 1 aliphatic rings. The molecule has 0 aliphatic carbocycles. The summed E-state index contributed by atoms with van der Waals surface area (Å²) in [7, 11) is 1.25. The molecule has 0 amide bonds. The van der Waals surface area contributed by atoms with Gasteiger partial charge in [-0.3, -0.25) is 9.59 Å². The Morgan fingerprint density at radius 3 is 2.75 bits per heavy atom. The van der Waals surface area contributed by atoms with Crippen molar-refractivity contribution in [1.29, 1.82) is 0 Å². The number of carbonyl (C=O) groups is 2. The molecule has 1 aliphatic heterocycles. The van der Waals surface area contributed by atoms with E-state index in [2.05, 4.69) is 20.7 Å². The number of rotatable bonds is 1. The molecule has 0 aromatic carbocycles. The van der Waals surface area contributed by atoms with E-state index in [4.69, 9.17) is 4.74 Å². The van der Waals surface area contributed by atoms with E-state index in [0.29, 0.717) is 0 Å². The maximum atomic E-state index is 11.2. The molecular formula is C7H9BrO4. The standard InChI is InChI=1S/C7H9BrO4/c1-7(5(9)11-2)4(8)3-12-6(7)10/h4H,3H2,1-2H3/t4-,7+/m1/s1. The first kappa shape index (κ1) is 9.51. The number of ether oxygens (including phenoxy) is 2. The first-order valence-corrected chi connectivity index (χ1v) is 4.34. The van der Waals surface area contributed by atoms with Gasteiger partial charge in [0.25, 0.3) is 0 Å². The van der Waals surface area contributed by atoms with Crippen LogP contribution in [0.2, 0.25) is 0 Å². The molecule has 4 nitrogen and oxygen atoms in total. The van der Waals surface area contributed by atoms with Crippen LogP contribution in [0.5, 0.6) is 0 Å². The molecule has 0 bridgehead atoms. The summed E-state index contributed by atoms with van der Waals surface area (Å²) < 4.78 is 9.23. The molecule has 0 aromatic rings. The van der Waals surface area contributed by atoms with Gasteiger partial charge in [-0.1, -0.05) is 15.9 Å². The van der Waals surface area contributed by atoms with Gasteiger partial charge in [0.1, 0.15) is 6.61 Å². The molecule has 1 saturated heterocycles. The highest BCUT2D eigenvalue weighted by molar-refractivity contribution is 9.09. The lowest BCUT2D eigenvalue weighted by atomic mass is 9.89. The topological polar surface area (TPSA) is 52.6 Å². The van der Waals surface area contributed by atoms with Gasteiger partial charge in [-0.2, -0.15) is 0 Å². The minimum Gasteiger partial charge on any atom is -0.468 e. The van der Waals surface area contributed by atoms with E-state index in [1.54, 1.807) is 0 Å². The van der Waals surface area contributed by atoms with Crippen LogP contribution in [0, 0.1) is 5.41 Å². The molecule has 1 heterocycles. The molecule has 5 heteroatoms. The van der Waals surface area contributed by atoms with E-state index >= 15 is 0 Å². The molecule has 0 aromatic heterocycles. The summed E-state index contributed by atoms with van der Waals surface area (Å²) in [5.41, 5.74) is -1.19. The Balaban J connectivity index is 2.94. The van der Waals surface area contributed by atoms with Crippen LogP contribution < -0.4 is 0 Å². The van der Waals surface area contributed by atoms with Crippen LogP contribution in [0.3, 0.4) is 0 Å². The van der Waals surface area contributed by atoms with Crippen LogP contribution in [0.15, 0.2) is 0 Å². The summed E-state index contributed by atoms with van der Waals surface area (Å²) in [6.45, 7) is 1.72. The first-order chi connectivity index (χ1) is 5.53. The van der Waals surface area contributed by atoms with Crippen molar-refractivity contribution < 1.29 is 19.1 Å². The highest BCUT2D eigenvalue weighted by Gasteiger charge is 2.54. The van der Waals surface area contributed by atoms with Gasteiger partial charge >= 0.3 is 11.9 Å². The lowest BCUT2D eigenvalue weighted by Crippen LogP contribution is -2.39. The minimum absolute atomic E-state index is 0.213. The third kappa shape index (κ3) is 1.12. The molecule has 12 heavy (non-hydrogen) atoms. The van der Waals surface area contributed by atoms with E-state index in [-0.39, 0.29) is 11.4 Å². The van der Waals surface area contributed by atoms with Crippen LogP contribution in [0.4, 0.5) is 0 Å². The van der Waals surface area contributed by atoms with Crippen molar-refractivity contribution in [2.45, 2.75) is 11.8 Å². The van der Waals surface area contributed by atoms with E-state index in [9.17, 15) is 9.59 Å². The molecule has 2 atom stereocenters. The van der Waals surface area contributed by atoms with Gasteiger partial charge in [0.2, 0.25) is 0 Å². The van der Waals surface area contributed by atoms with Crippen LogP contribution >= 0.6 is 15.9 Å². The SMILES string of the molecule is COC(=O)[C@@]1(C)C(=O)OC[C@H]1Br. The predicted molar refractivity (Wildman–Crippen MR) is 43.8 cm³/mol. The summed E-state index contributed by atoms with van der Waals surface area (Å²) in [5.74, 6) is -1.09. The highest BCUT2D eigenvalue weighted by atomic mass is 79.9. The maximum absolute atomic E-state index is 11.2. The Labute approximate surface area is 78.3 Å². The Bertz CT molecular complexity index is 227. The number of esters is 2. The fourth-order valence-electron chi connectivity index (χ4n) is 1.02. The average Bonchev–Trinajstić information content (AvgIpc) is 2.32. The van der Waals surface area contributed by atoms with Crippen LogP contribution in [0.25, 0.3) is 0 Å². The average molecular weight is 237 g/mol. The van der Waals surface area contributed by atoms with Gasteiger partial charge in [-0.25, -0.2) is 0 Å². The summed E-state index contributed by atoms with van der Waals surface area (Å²) >= 11 is 3.20. The molecule has 1 rings (SSSR count). The van der Waals surface area contributed by atoms with Gasteiger partial charge in [0.05, 0.1) is 11.9 Å². The molecule has 0 unspecified atom stereocenters. The smallest absolute Gasteiger partial charge is 0.324 e. The third-order valence-electron chi connectivity index (χ3n) is 2.02. The van der Waals surface area contributed by atoms with Gasteiger partial charge in [0.15, 0.2) is 5.41 Å². The Kier molecular flexibility index (Phi) is 2.41. The number of carbonyl (C=O) groups excluding carboxylic acids is 2. The fourth-order valence-corrected chi connectivity index (χ4v) is 1.52. The van der Waals surface area contributed by atoms with E-state index in [1.807, 2.05) is 0 Å². The normalized spacial score (nSPS) is 34.6. The van der Waals surface area contributed by atoms with E-state index in [0.717, 1.165) is 0 Å². The number of hydrogen-bond donors (Lipinski definition) is 0. The monoisotopic (exact) mass is 236 g/mol. The number of halogens is 1. The summed E-state index contributed by atoms with van der Waals surface area (Å²) in [6, 6.07) is 0. The maximum Gasteiger partial charge on any atom is 0.324 e. The van der Waals surface area contributed by atoms with Crippen molar-refractivity contribution in [3.05, 3.63) is 0 Å². The second-order valence-corrected chi connectivity index (χ2v) is 3.87. The molecular weight excluding hydrogens is 228 g/mol. The molecule has 0 radical (unpaired) electrons. The molecule has 0 spiro atoms. The van der Waals surface area contributed by atoms with Gasteiger partial charge in [-0.15, -0.1) is 0 Å². The summed E-state index contributed by atoms with van der Waals surface area (Å²) in [5, 5.41) is 0. The van der Waals surface area contributed by atoms with Crippen LogP contribution in [0.1, 0.15) is 6.92 Å². The van der Waals surface area contributed by atoms with Crippen LogP contribution in [-0.2, 0) is 19.1 Å². The molecule has 0 saturated carbocycles. The molecule has 0 N–H and O–H groups in total. The predicted octanol–water partition coefficient (Wildman–Crippen LogP) is 0.486. The van der Waals surface area contributed by atoms with Gasteiger partial charge in [0, 0.05) is 0 Å². The lowest BCUT2D eigenvalue weighted by molar-refractivity contribution is -0.161. The minimum atomic E-state index is -1.19. The number of cyclic esters (lactones) is 1. The van der Waals surface area contributed by atoms with Crippen molar-refractivity contribution in [3.8, 4) is 0 Å². The zero-order valence-electron chi connectivity index (χ0n) is 6.80. The zero-order chi connectivity index (χ0) is 9.35. The van der Waals surface area contributed by atoms with Crippen molar-refractivity contribution >= 4 is 27.9 Å². The van der Waals surface area contributed by atoms with Gasteiger partial charge in [-0.05, 0) is 6.92 Å². The lowest BCUT2D eigenvalue weighted by Gasteiger charge is -2.18. The number of methoxy groups -OCH3 is 1. The number of hydrogen-bond acceptors (Lipinski definition) is 4. The quantitative estimate of drug-likeness (QED) is 0.378. The van der Waals surface area contributed by atoms with E-state index in [1.165, 1.54) is 14.0 Å². The Hall–Kier alpha value is -0.580. The molecule has 68 valence electrons. The van der Waals surface area contributed by atoms with Crippen molar-refractivity contribution in [2.24, 2.45) is 5.41 Å². The Morgan fingerprint density at radius 1 is 1.83 bits per heavy atom. The Morgan fingerprint density at radius 2 is 2.42 bits per heavy atom. The van der Waals surface area contributed by atoms with Crippen molar-refractivity contribution in [2.75, 3.05) is 13.7 Å². The van der Waals surface area contributed by atoms with Crippen molar-refractivity contribution in [1.82, 2.24) is 0 Å². The highest BCUT2D eigenvalue weighted by Crippen LogP contribution is 2.36. The number of alkyl halides is 1. The van der Waals surface area contributed by atoms with Crippen molar-refractivity contribution in [3.63, 3.8) is 0 Å².